The first-order valence-corrected chi connectivity index (χ1v) is 9.11. The van der Waals surface area contributed by atoms with E-state index >= 15 is 0 Å². The second-order valence-corrected chi connectivity index (χ2v) is 8.10. The van der Waals surface area contributed by atoms with Crippen LogP contribution in [0.1, 0.15) is 19.7 Å². The van der Waals surface area contributed by atoms with Gasteiger partial charge in [-0.3, -0.25) is 4.90 Å². The number of aromatic nitrogens is 2. The highest BCUT2D eigenvalue weighted by atomic mass is 32.2. The van der Waals surface area contributed by atoms with E-state index in [0.29, 0.717) is 23.9 Å². The maximum absolute atomic E-state index is 12.9. The normalized spacial score (nSPS) is 14.9. The summed E-state index contributed by atoms with van der Waals surface area (Å²) in [4.78, 5) is 1.84. The Morgan fingerprint density at radius 2 is 1.83 bits per heavy atom. The molecule has 0 aliphatic rings. The Bertz CT molecular complexity index is 759. The zero-order valence-electron chi connectivity index (χ0n) is 13.5. The third-order valence-corrected chi connectivity index (χ3v) is 5.74. The molecule has 1 aromatic heterocycles. The highest BCUT2D eigenvalue weighted by Crippen LogP contribution is 2.19. The van der Waals surface area contributed by atoms with Crippen LogP contribution in [0, 0.1) is 5.82 Å². The van der Waals surface area contributed by atoms with Crippen LogP contribution >= 0.6 is 0 Å². The molecule has 0 saturated heterocycles. The monoisotopic (exact) mass is 341 g/mol. The molecular formula is C15H20FN3O3S. The fourth-order valence-electron chi connectivity index (χ4n) is 2.10. The summed E-state index contributed by atoms with van der Waals surface area (Å²) in [5.74, 6) is 0.341. The molecular weight excluding hydrogens is 321 g/mol. The van der Waals surface area contributed by atoms with Crippen molar-refractivity contribution in [3.63, 3.8) is 0 Å². The van der Waals surface area contributed by atoms with Gasteiger partial charge in [0.2, 0.25) is 11.8 Å². The van der Waals surface area contributed by atoms with Crippen LogP contribution in [0.25, 0.3) is 11.5 Å². The summed E-state index contributed by atoms with van der Waals surface area (Å²) in [6.07, 6.45) is 1.22. The number of sulfone groups is 1. The molecule has 1 aromatic carbocycles. The minimum atomic E-state index is -3.13. The van der Waals surface area contributed by atoms with Crippen molar-refractivity contribution in [2.45, 2.75) is 31.7 Å². The van der Waals surface area contributed by atoms with E-state index in [1.807, 2.05) is 11.8 Å². The van der Waals surface area contributed by atoms with Gasteiger partial charge in [0.05, 0.1) is 11.8 Å². The Morgan fingerprint density at radius 1 is 1.22 bits per heavy atom. The first kappa shape index (κ1) is 17.6. The minimum absolute atomic E-state index is 0.203. The van der Waals surface area contributed by atoms with Crippen molar-refractivity contribution in [3.8, 4) is 11.5 Å². The van der Waals surface area contributed by atoms with Gasteiger partial charge in [-0.05, 0) is 45.2 Å². The van der Waals surface area contributed by atoms with E-state index in [1.54, 1.807) is 26.1 Å². The lowest BCUT2D eigenvalue weighted by Crippen LogP contribution is -2.40. The molecule has 1 heterocycles. The molecule has 2 atom stereocenters. The summed E-state index contributed by atoms with van der Waals surface area (Å²) >= 11 is 0. The second kappa shape index (κ2) is 6.76. The van der Waals surface area contributed by atoms with E-state index < -0.39 is 15.1 Å². The predicted molar refractivity (Wildman–Crippen MR) is 84.9 cm³/mol. The average molecular weight is 341 g/mol. The van der Waals surface area contributed by atoms with Crippen LogP contribution in [-0.2, 0) is 16.4 Å². The van der Waals surface area contributed by atoms with Gasteiger partial charge in [-0.1, -0.05) is 0 Å². The summed E-state index contributed by atoms with van der Waals surface area (Å²) in [6.45, 7) is 3.84. The number of rotatable bonds is 6. The molecule has 0 amide bonds. The summed E-state index contributed by atoms with van der Waals surface area (Å²) in [6, 6.07) is 5.56. The molecule has 6 nitrogen and oxygen atoms in total. The van der Waals surface area contributed by atoms with Crippen LogP contribution in [0.15, 0.2) is 28.7 Å². The van der Waals surface area contributed by atoms with Gasteiger partial charge >= 0.3 is 0 Å². The molecule has 0 fully saturated rings. The number of nitrogens with zero attached hydrogens (tertiary/aromatic N) is 3. The molecule has 2 aromatic rings. The van der Waals surface area contributed by atoms with Crippen molar-refractivity contribution >= 4 is 9.84 Å². The molecule has 0 bridgehead atoms. The molecule has 0 unspecified atom stereocenters. The zero-order chi connectivity index (χ0) is 17.2. The van der Waals surface area contributed by atoms with Crippen LogP contribution in [0.3, 0.4) is 0 Å². The zero-order valence-corrected chi connectivity index (χ0v) is 14.3. The molecule has 0 aliphatic carbocycles. The fraction of sp³-hybridized carbons (Fsp3) is 0.467. The Hall–Kier alpha value is -1.80. The third kappa shape index (κ3) is 4.35. The second-order valence-electron chi connectivity index (χ2n) is 5.70. The highest BCUT2D eigenvalue weighted by Gasteiger charge is 2.26. The van der Waals surface area contributed by atoms with Crippen molar-refractivity contribution in [2.75, 3.05) is 13.3 Å². The van der Waals surface area contributed by atoms with Gasteiger partial charge in [-0.25, -0.2) is 12.8 Å². The van der Waals surface area contributed by atoms with Gasteiger partial charge in [-0.2, -0.15) is 0 Å². The number of halogens is 1. The molecule has 126 valence electrons. The van der Waals surface area contributed by atoms with E-state index in [2.05, 4.69) is 10.2 Å². The van der Waals surface area contributed by atoms with Gasteiger partial charge < -0.3 is 4.42 Å². The van der Waals surface area contributed by atoms with E-state index in [4.69, 9.17) is 4.42 Å². The average Bonchev–Trinajstić information content (AvgIpc) is 2.93. The Kier molecular flexibility index (Phi) is 5.16. The van der Waals surface area contributed by atoms with Crippen molar-refractivity contribution in [1.82, 2.24) is 15.1 Å². The fourth-order valence-corrected chi connectivity index (χ4v) is 3.02. The van der Waals surface area contributed by atoms with Crippen LogP contribution in [0.4, 0.5) is 4.39 Å². The quantitative estimate of drug-likeness (QED) is 0.801. The molecule has 2 rings (SSSR count). The van der Waals surface area contributed by atoms with Gasteiger partial charge in [0, 0.05) is 17.9 Å². The first-order valence-electron chi connectivity index (χ1n) is 7.16. The summed E-state index contributed by atoms with van der Waals surface area (Å²) in [5.41, 5.74) is 0.630. The summed E-state index contributed by atoms with van der Waals surface area (Å²) in [7, 11) is -1.33. The lowest BCUT2D eigenvalue weighted by molar-refractivity contribution is 0.223. The van der Waals surface area contributed by atoms with E-state index in [0.717, 1.165) is 0 Å². The minimum Gasteiger partial charge on any atom is -0.419 e. The maximum Gasteiger partial charge on any atom is 0.247 e. The Balaban J connectivity index is 2.08. The van der Waals surface area contributed by atoms with E-state index in [1.165, 1.54) is 18.4 Å². The Labute approximate surface area is 135 Å². The van der Waals surface area contributed by atoms with Gasteiger partial charge in [0.1, 0.15) is 5.82 Å². The molecule has 0 spiro atoms. The van der Waals surface area contributed by atoms with Gasteiger partial charge in [0.15, 0.2) is 9.84 Å². The topological polar surface area (TPSA) is 76.3 Å². The number of hydrogen-bond acceptors (Lipinski definition) is 6. The van der Waals surface area contributed by atoms with Crippen LogP contribution < -0.4 is 0 Å². The van der Waals surface area contributed by atoms with Gasteiger partial charge in [0.25, 0.3) is 0 Å². The lowest BCUT2D eigenvalue weighted by Gasteiger charge is -2.27. The number of benzene rings is 1. The van der Waals surface area contributed by atoms with E-state index in [9.17, 15) is 12.8 Å². The van der Waals surface area contributed by atoms with E-state index in [-0.39, 0.29) is 11.9 Å². The van der Waals surface area contributed by atoms with Crippen LogP contribution in [0.2, 0.25) is 0 Å². The lowest BCUT2D eigenvalue weighted by atomic mass is 10.2. The SMILES string of the molecule is C[C@H]([C@H](C)S(C)(=O)=O)N(C)Cc1nnc(-c2ccc(F)cc2)o1. The number of hydrogen-bond donors (Lipinski definition) is 0. The van der Waals surface area contributed by atoms with Crippen molar-refractivity contribution in [1.29, 1.82) is 0 Å². The smallest absolute Gasteiger partial charge is 0.247 e. The predicted octanol–water partition coefficient (Wildman–Crippen LogP) is 2.13. The van der Waals surface area contributed by atoms with Crippen molar-refractivity contribution < 1.29 is 17.2 Å². The molecule has 0 N–H and O–H groups in total. The maximum atomic E-state index is 12.9. The standard InChI is InChI=1S/C15H20FN3O3S/c1-10(11(2)23(4,20)21)19(3)9-14-17-18-15(22-14)12-5-7-13(16)8-6-12/h5-8,10-11H,9H2,1-4H3/t10-,11+/m1/s1. The molecule has 0 aliphatic heterocycles. The summed E-state index contributed by atoms with van der Waals surface area (Å²) < 4.78 is 41.8. The third-order valence-electron chi connectivity index (χ3n) is 3.99. The van der Waals surface area contributed by atoms with Crippen LogP contribution in [-0.4, -0.2) is 48.1 Å². The molecule has 0 radical (unpaired) electrons. The van der Waals surface area contributed by atoms with Gasteiger partial charge in [-0.15, -0.1) is 10.2 Å². The summed E-state index contributed by atoms with van der Waals surface area (Å²) in [5, 5.41) is 7.39. The molecule has 8 heteroatoms. The Morgan fingerprint density at radius 3 is 2.39 bits per heavy atom. The van der Waals surface area contributed by atoms with Crippen molar-refractivity contribution in [3.05, 3.63) is 36.0 Å². The largest absolute Gasteiger partial charge is 0.419 e. The molecule has 0 saturated carbocycles. The molecule has 23 heavy (non-hydrogen) atoms. The van der Waals surface area contributed by atoms with Crippen LogP contribution in [0.5, 0.6) is 0 Å². The van der Waals surface area contributed by atoms with Crippen molar-refractivity contribution in [2.24, 2.45) is 0 Å². The highest BCUT2D eigenvalue weighted by molar-refractivity contribution is 7.91. The first-order chi connectivity index (χ1) is 10.7.